The molecular weight excluding hydrogens is 290 g/mol. The number of nitro groups is 1. The van der Waals surface area contributed by atoms with E-state index in [1.165, 1.54) is 13.2 Å². The third-order valence-electron chi connectivity index (χ3n) is 2.31. The second-order valence-electron chi connectivity index (χ2n) is 3.42. The summed E-state index contributed by atoms with van der Waals surface area (Å²) in [5, 5.41) is 10.8. The first-order valence-electron chi connectivity index (χ1n) is 5.00. The molecule has 0 aliphatic rings. The van der Waals surface area contributed by atoms with Gasteiger partial charge in [-0.3, -0.25) is 14.9 Å². The lowest BCUT2D eigenvalue weighted by Gasteiger charge is -2.07. The molecule has 0 fully saturated rings. The van der Waals surface area contributed by atoms with Crippen molar-refractivity contribution >= 4 is 27.6 Å². The Morgan fingerprint density at radius 1 is 1.53 bits per heavy atom. The van der Waals surface area contributed by atoms with Gasteiger partial charge >= 0.3 is 5.97 Å². The molecule has 1 unspecified atom stereocenters. The van der Waals surface area contributed by atoms with Crippen molar-refractivity contribution < 1.29 is 14.5 Å². The summed E-state index contributed by atoms with van der Waals surface area (Å²) in [7, 11) is 1.31. The molecule has 0 aromatic heterocycles. The lowest BCUT2D eigenvalue weighted by atomic mass is 10.1. The Labute approximate surface area is 107 Å². The van der Waals surface area contributed by atoms with Crippen molar-refractivity contribution in [1.82, 2.24) is 0 Å². The average Bonchev–Trinajstić information content (AvgIpc) is 2.35. The zero-order valence-electron chi connectivity index (χ0n) is 9.26. The maximum atomic E-state index is 11.1. The molecule has 5 nitrogen and oxygen atoms in total. The van der Waals surface area contributed by atoms with E-state index >= 15 is 0 Å². The van der Waals surface area contributed by atoms with E-state index in [9.17, 15) is 14.9 Å². The van der Waals surface area contributed by atoms with Gasteiger partial charge in [-0.1, -0.05) is 34.1 Å². The molecule has 0 N–H and O–H groups in total. The topological polar surface area (TPSA) is 69.4 Å². The molecule has 0 aliphatic carbocycles. The first-order valence-corrected chi connectivity index (χ1v) is 5.92. The lowest BCUT2D eigenvalue weighted by Crippen LogP contribution is -2.16. The van der Waals surface area contributed by atoms with E-state index in [0.717, 1.165) is 0 Å². The number of ether oxygens (including phenoxy) is 1. The Kier molecular flexibility index (Phi) is 5.09. The smallest absolute Gasteiger partial charge is 0.319 e. The van der Waals surface area contributed by atoms with Crippen molar-refractivity contribution in [3.8, 4) is 0 Å². The number of esters is 1. The van der Waals surface area contributed by atoms with Crippen molar-refractivity contribution in [2.45, 2.75) is 17.7 Å². The van der Waals surface area contributed by atoms with Gasteiger partial charge in [0.25, 0.3) is 5.69 Å². The Balaban J connectivity index is 2.69. The average molecular weight is 302 g/mol. The number of nitro benzene ring substituents is 1. The molecule has 6 heteroatoms. The number of para-hydroxylation sites is 1. The minimum Gasteiger partial charge on any atom is -0.468 e. The molecular formula is C11H12BrNO4. The van der Waals surface area contributed by atoms with E-state index in [0.29, 0.717) is 18.4 Å². The van der Waals surface area contributed by atoms with Crippen LogP contribution in [0.3, 0.4) is 0 Å². The summed E-state index contributed by atoms with van der Waals surface area (Å²) in [6.45, 7) is 0. The Morgan fingerprint density at radius 2 is 2.18 bits per heavy atom. The van der Waals surface area contributed by atoms with Crippen LogP contribution in [-0.2, 0) is 16.0 Å². The SMILES string of the molecule is COC(=O)C(Br)CCc1ccccc1[N+](=O)[O-]. The molecule has 0 spiro atoms. The molecule has 1 aromatic carbocycles. The van der Waals surface area contributed by atoms with Gasteiger partial charge in [0.15, 0.2) is 0 Å². The molecule has 0 aliphatic heterocycles. The number of carbonyl (C=O) groups is 1. The number of rotatable bonds is 5. The fraction of sp³-hybridized carbons (Fsp3) is 0.364. The highest BCUT2D eigenvalue weighted by Crippen LogP contribution is 2.21. The molecule has 0 radical (unpaired) electrons. The number of halogens is 1. The summed E-state index contributed by atoms with van der Waals surface area (Å²) in [5.74, 6) is -0.372. The molecule has 17 heavy (non-hydrogen) atoms. The van der Waals surface area contributed by atoms with E-state index < -0.39 is 9.75 Å². The zero-order valence-corrected chi connectivity index (χ0v) is 10.8. The number of hydrogen-bond donors (Lipinski definition) is 0. The maximum absolute atomic E-state index is 11.1. The van der Waals surface area contributed by atoms with Crippen molar-refractivity contribution in [3.05, 3.63) is 39.9 Å². The Hall–Kier alpha value is -1.43. The summed E-state index contributed by atoms with van der Waals surface area (Å²) in [5.41, 5.74) is 0.697. The third-order valence-corrected chi connectivity index (χ3v) is 3.14. The molecule has 92 valence electrons. The van der Waals surface area contributed by atoms with Crippen LogP contribution in [0.25, 0.3) is 0 Å². The number of nitrogens with zero attached hydrogens (tertiary/aromatic N) is 1. The van der Waals surface area contributed by atoms with E-state index in [2.05, 4.69) is 20.7 Å². The quantitative estimate of drug-likeness (QED) is 0.362. The normalized spacial score (nSPS) is 11.9. The second-order valence-corrected chi connectivity index (χ2v) is 4.52. The summed E-state index contributed by atoms with van der Waals surface area (Å²) >= 11 is 3.18. The number of benzene rings is 1. The van der Waals surface area contributed by atoms with Crippen molar-refractivity contribution in [2.24, 2.45) is 0 Å². The first kappa shape index (κ1) is 13.6. The molecule has 0 saturated carbocycles. The summed E-state index contributed by atoms with van der Waals surface area (Å²) in [6, 6.07) is 6.50. The Bertz CT molecular complexity index is 422. The number of alkyl halides is 1. The fourth-order valence-electron chi connectivity index (χ4n) is 1.43. The fourth-order valence-corrected chi connectivity index (χ4v) is 1.84. The summed E-state index contributed by atoms with van der Waals surface area (Å²) in [6.07, 6.45) is 0.902. The summed E-state index contributed by atoms with van der Waals surface area (Å²) in [4.78, 5) is 21.0. The predicted octanol–water partition coefficient (Wildman–Crippen LogP) is 2.46. The van der Waals surface area contributed by atoms with Gasteiger partial charge in [-0.15, -0.1) is 0 Å². The van der Waals surface area contributed by atoms with Crippen LogP contribution >= 0.6 is 15.9 Å². The number of aryl methyl sites for hydroxylation is 1. The van der Waals surface area contributed by atoms with Crippen LogP contribution in [0.1, 0.15) is 12.0 Å². The van der Waals surface area contributed by atoms with Gasteiger partial charge in [0.05, 0.1) is 12.0 Å². The standard InChI is InChI=1S/C11H12BrNO4/c1-17-11(14)9(12)7-6-8-4-2-3-5-10(8)13(15)16/h2-5,9H,6-7H2,1H3. The summed E-state index contributed by atoms with van der Waals surface area (Å²) < 4.78 is 4.56. The number of hydrogen-bond acceptors (Lipinski definition) is 4. The molecule has 0 saturated heterocycles. The maximum Gasteiger partial charge on any atom is 0.319 e. The van der Waals surface area contributed by atoms with Crippen LogP contribution in [0, 0.1) is 10.1 Å². The van der Waals surface area contributed by atoms with E-state index in [4.69, 9.17) is 0 Å². The molecule has 1 atom stereocenters. The first-order chi connectivity index (χ1) is 8.06. The lowest BCUT2D eigenvalue weighted by molar-refractivity contribution is -0.385. The van der Waals surface area contributed by atoms with Gasteiger partial charge in [-0.25, -0.2) is 0 Å². The van der Waals surface area contributed by atoms with Crippen LogP contribution in [0.5, 0.6) is 0 Å². The molecule has 0 bridgehead atoms. The minimum absolute atomic E-state index is 0.0806. The van der Waals surface area contributed by atoms with Gasteiger partial charge in [0.1, 0.15) is 4.83 Å². The van der Waals surface area contributed by atoms with Crippen LogP contribution in [0.2, 0.25) is 0 Å². The number of carbonyl (C=O) groups excluding carboxylic acids is 1. The van der Waals surface area contributed by atoms with Crippen LogP contribution < -0.4 is 0 Å². The highest BCUT2D eigenvalue weighted by molar-refractivity contribution is 9.10. The van der Waals surface area contributed by atoms with Crippen LogP contribution in [-0.4, -0.2) is 22.8 Å². The largest absolute Gasteiger partial charge is 0.468 e. The van der Waals surface area contributed by atoms with Gasteiger partial charge in [-0.2, -0.15) is 0 Å². The van der Waals surface area contributed by atoms with Gasteiger partial charge in [0, 0.05) is 11.6 Å². The van der Waals surface area contributed by atoms with Crippen LogP contribution in [0.4, 0.5) is 5.69 Å². The van der Waals surface area contributed by atoms with E-state index in [1.54, 1.807) is 18.2 Å². The molecule has 0 amide bonds. The molecule has 1 aromatic rings. The Morgan fingerprint density at radius 3 is 2.76 bits per heavy atom. The zero-order chi connectivity index (χ0) is 12.8. The van der Waals surface area contributed by atoms with Crippen molar-refractivity contribution in [2.75, 3.05) is 7.11 Å². The van der Waals surface area contributed by atoms with Gasteiger partial charge in [-0.05, 0) is 12.8 Å². The number of methoxy groups -OCH3 is 1. The van der Waals surface area contributed by atoms with Crippen LogP contribution in [0.15, 0.2) is 24.3 Å². The minimum atomic E-state index is -0.438. The van der Waals surface area contributed by atoms with E-state index in [-0.39, 0.29) is 11.7 Å². The molecule has 1 rings (SSSR count). The predicted molar refractivity (Wildman–Crippen MR) is 66.1 cm³/mol. The highest BCUT2D eigenvalue weighted by Gasteiger charge is 2.18. The van der Waals surface area contributed by atoms with E-state index in [1.807, 2.05) is 0 Å². The van der Waals surface area contributed by atoms with Crippen molar-refractivity contribution in [3.63, 3.8) is 0 Å². The third kappa shape index (κ3) is 3.81. The monoisotopic (exact) mass is 301 g/mol. The second kappa shape index (κ2) is 6.34. The van der Waals surface area contributed by atoms with Crippen molar-refractivity contribution in [1.29, 1.82) is 0 Å². The van der Waals surface area contributed by atoms with Gasteiger partial charge < -0.3 is 4.74 Å². The molecule has 0 heterocycles. The van der Waals surface area contributed by atoms with Gasteiger partial charge in [0.2, 0.25) is 0 Å². The highest BCUT2D eigenvalue weighted by atomic mass is 79.9.